The van der Waals surface area contributed by atoms with Gasteiger partial charge in [-0.25, -0.2) is 4.98 Å². The second-order valence-electron chi connectivity index (χ2n) is 3.92. The standard InChI is InChI=1S/C12H13N3O2/c1-9-3-2-4-10(5-9)11(12(16)17)6-15-8-13-7-14-15/h2-5,7-8,11H,6H2,1H3,(H,16,17). The van der Waals surface area contributed by atoms with E-state index >= 15 is 0 Å². The number of nitrogens with zero attached hydrogens (tertiary/aromatic N) is 3. The Morgan fingerprint density at radius 3 is 2.94 bits per heavy atom. The Morgan fingerprint density at radius 1 is 1.53 bits per heavy atom. The molecule has 1 aromatic heterocycles. The fourth-order valence-corrected chi connectivity index (χ4v) is 1.73. The number of carboxylic acids is 1. The summed E-state index contributed by atoms with van der Waals surface area (Å²) in [5, 5.41) is 13.2. The van der Waals surface area contributed by atoms with Crippen LogP contribution in [0.25, 0.3) is 0 Å². The van der Waals surface area contributed by atoms with Gasteiger partial charge in [0.25, 0.3) is 0 Å². The Balaban J connectivity index is 2.26. The Hall–Kier alpha value is -2.17. The zero-order valence-electron chi connectivity index (χ0n) is 9.45. The van der Waals surface area contributed by atoms with Crippen LogP contribution in [0.2, 0.25) is 0 Å². The van der Waals surface area contributed by atoms with E-state index in [1.165, 1.54) is 17.3 Å². The van der Waals surface area contributed by atoms with E-state index in [0.717, 1.165) is 11.1 Å². The number of hydrogen-bond donors (Lipinski definition) is 1. The fourth-order valence-electron chi connectivity index (χ4n) is 1.73. The molecule has 2 aromatic rings. The van der Waals surface area contributed by atoms with E-state index in [1.54, 1.807) is 0 Å². The van der Waals surface area contributed by atoms with Crippen molar-refractivity contribution in [2.75, 3.05) is 0 Å². The molecule has 5 heteroatoms. The Labute approximate surface area is 98.7 Å². The van der Waals surface area contributed by atoms with Gasteiger partial charge in [0.2, 0.25) is 0 Å². The molecule has 1 aromatic carbocycles. The molecule has 0 spiro atoms. The Kier molecular flexibility index (Phi) is 3.18. The van der Waals surface area contributed by atoms with Crippen molar-refractivity contribution in [3.63, 3.8) is 0 Å². The molecule has 0 fully saturated rings. The summed E-state index contributed by atoms with van der Waals surface area (Å²) < 4.78 is 1.53. The van der Waals surface area contributed by atoms with Crippen LogP contribution >= 0.6 is 0 Å². The van der Waals surface area contributed by atoms with E-state index in [1.807, 2.05) is 31.2 Å². The molecule has 0 radical (unpaired) electrons. The topological polar surface area (TPSA) is 68.0 Å². The van der Waals surface area contributed by atoms with Crippen LogP contribution < -0.4 is 0 Å². The summed E-state index contributed by atoms with van der Waals surface area (Å²) in [5.41, 5.74) is 1.83. The third-order valence-corrected chi connectivity index (χ3v) is 2.58. The van der Waals surface area contributed by atoms with Gasteiger partial charge < -0.3 is 5.11 Å². The molecular weight excluding hydrogens is 218 g/mol. The number of benzene rings is 1. The first-order valence-electron chi connectivity index (χ1n) is 5.28. The molecule has 0 aliphatic heterocycles. The highest BCUT2D eigenvalue weighted by atomic mass is 16.4. The first-order chi connectivity index (χ1) is 8.16. The van der Waals surface area contributed by atoms with E-state index < -0.39 is 11.9 Å². The number of aliphatic carboxylic acids is 1. The maximum atomic E-state index is 11.3. The summed E-state index contributed by atoms with van der Waals surface area (Å²) in [5.74, 6) is -1.46. The minimum Gasteiger partial charge on any atom is -0.481 e. The van der Waals surface area contributed by atoms with Gasteiger partial charge in [-0.15, -0.1) is 0 Å². The van der Waals surface area contributed by atoms with Gasteiger partial charge in [0, 0.05) is 0 Å². The van der Waals surface area contributed by atoms with Gasteiger partial charge in [-0.05, 0) is 12.5 Å². The van der Waals surface area contributed by atoms with Gasteiger partial charge in [-0.3, -0.25) is 9.48 Å². The van der Waals surface area contributed by atoms with Crippen molar-refractivity contribution in [3.8, 4) is 0 Å². The Morgan fingerprint density at radius 2 is 2.35 bits per heavy atom. The average molecular weight is 231 g/mol. The van der Waals surface area contributed by atoms with Crippen LogP contribution in [0.15, 0.2) is 36.9 Å². The summed E-state index contributed by atoms with van der Waals surface area (Å²) in [6.45, 7) is 2.23. The van der Waals surface area contributed by atoms with Gasteiger partial charge in [-0.1, -0.05) is 29.8 Å². The van der Waals surface area contributed by atoms with Crippen molar-refractivity contribution in [3.05, 3.63) is 48.0 Å². The maximum Gasteiger partial charge on any atom is 0.312 e. The molecule has 0 bridgehead atoms. The predicted molar refractivity (Wildman–Crippen MR) is 61.6 cm³/mol. The van der Waals surface area contributed by atoms with Crippen molar-refractivity contribution >= 4 is 5.97 Å². The van der Waals surface area contributed by atoms with Crippen LogP contribution in [-0.4, -0.2) is 25.8 Å². The van der Waals surface area contributed by atoms with E-state index in [2.05, 4.69) is 10.1 Å². The molecule has 1 unspecified atom stereocenters. The number of hydrogen-bond acceptors (Lipinski definition) is 3. The van der Waals surface area contributed by atoms with Gasteiger partial charge in [0.05, 0.1) is 6.54 Å². The van der Waals surface area contributed by atoms with Gasteiger partial charge in [0.15, 0.2) is 0 Å². The van der Waals surface area contributed by atoms with Crippen LogP contribution in [0.4, 0.5) is 0 Å². The molecule has 1 atom stereocenters. The highest BCUT2D eigenvalue weighted by Gasteiger charge is 2.20. The van der Waals surface area contributed by atoms with Crippen LogP contribution in [0.5, 0.6) is 0 Å². The SMILES string of the molecule is Cc1cccc(C(Cn2cncn2)C(=O)O)c1. The molecule has 2 rings (SSSR count). The largest absolute Gasteiger partial charge is 0.481 e. The molecular formula is C12H13N3O2. The monoisotopic (exact) mass is 231 g/mol. The summed E-state index contributed by atoms with van der Waals surface area (Å²) >= 11 is 0. The third-order valence-electron chi connectivity index (χ3n) is 2.58. The van der Waals surface area contributed by atoms with Gasteiger partial charge >= 0.3 is 5.97 Å². The highest BCUT2D eigenvalue weighted by molar-refractivity contribution is 5.76. The molecule has 17 heavy (non-hydrogen) atoms. The molecule has 88 valence electrons. The van der Waals surface area contributed by atoms with E-state index in [-0.39, 0.29) is 0 Å². The van der Waals surface area contributed by atoms with Crippen molar-refractivity contribution in [2.24, 2.45) is 0 Å². The first-order valence-corrected chi connectivity index (χ1v) is 5.28. The third kappa shape index (κ3) is 2.69. The lowest BCUT2D eigenvalue weighted by Gasteiger charge is -2.13. The molecule has 0 aliphatic carbocycles. The average Bonchev–Trinajstić information content (AvgIpc) is 2.78. The predicted octanol–water partition coefficient (Wildman–Crippen LogP) is 1.45. The minimum atomic E-state index is -0.855. The number of carbonyl (C=O) groups is 1. The molecule has 0 amide bonds. The lowest BCUT2D eigenvalue weighted by atomic mass is 9.98. The number of carboxylic acid groups (broad SMARTS) is 1. The zero-order chi connectivity index (χ0) is 12.3. The minimum absolute atomic E-state index is 0.290. The highest BCUT2D eigenvalue weighted by Crippen LogP contribution is 2.19. The molecule has 5 nitrogen and oxygen atoms in total. The second kappa shape index (κ2) is 4.78. The van der Waals surface area contributed by atoms with Crippen LogP contribution in [0.1, 0.15) is 17.0 Å². The number of aryl methyl sites for hydroxylation is 1. The van der Waals surface area contributed by atoms with Crippen LogP contribution in [0.3, 0.4) is 0 Å². The lowest BCUT2D eigenvalue weighted by molar-refractivity contribution is -0.139. The van der Waals surface area contributed by atoms with Crippen molar-refractivity contribution in [2.45, 2.75) is 19.4 Å². The summed E-state index contributed by atoms with van der Waals surface area (Å²) in [4.78, 5) is 15.1. The molecule has 0 saturated heterocycles. The van der Waals surface area contributed by atoms with Crippen LogP contribution in [-0.2, 0) is 11.3 Å². The van der Waals surface area contributed by atoms with Crippen LogP contribution in [0, 0.1) is 6.92 Å². The molecule has 1 N–H and O–H groups in total. The van der Waals surface area contributed by atoms with Crippen molar-refractivity contribution in [1.29, 1.82) is 0 Å². The first kappa shape index (κ1) is 11.3. The number of aromatic nitrogens is 3. The van der Waals surface area contributed by atoms with Gasteiger partial charge in [0.1, 0.15) is 18.6 Å². The second-order valence-corrected chi connectivity index (χ2v) is 3.92. The summed E-state index contributed by atoms with van der Waals surface area (Å²) in [6.07, 6.45) is 2.92. The molecule has 0 aliphatic rings. The number of rotatable bonds is 4. The van der Waals surface area contributed by atoms with Crippen molar-refractivity contribution < 1.29 is 9.90 Å². The van der Waals surface area contributed by atoms with E-state index in [9.17, 15) is 9.90 Å². The molecule has 0 saturated carbocycles. The van der Waals surface area contributed by atoms with E-state index in [0.29, 0.717) is 6.54 Å². The summed E-state index contributed by atoms with van der Waals surface area (Å²) in [6, 6.07) is 7.51. The van der Waals surface area contributed by atoms with Gasteiger partial charge in [-0.2, -0.15) is 5.10 Å². The smallest absolute Gasteiger partial charge is 0.312 e. The summed E-state index contributed by atoms with van der Waals surface area (Å²) in [7, 11) is 0. The molecule has 1 heterocycles. The normalized spacial score (nSPS) is 12.3. The lowest BCUT2D eigenvalue weighted by Crippen LogP contribution is -2.18. The van der Waals surface area contributed by atoms with E-state index in [4.69, 9.17) is 0 Å². The zero-order valence-corrected chi connectivity index (χ0v) is 9.45. The maximum absolute atomic E-state index is 11.3. The van der Waals surface area contributed by atoms with Crippen molar-refractivity contribution in [1.82, 2.24) is 14.8 Å². The Bertz CT molecular complexity index is 508. The fraction of sp³-hybridized carbons (Fsp3) is 0.250. The quantitative estimate of drug-likeness (QED) is 0.864.